The first-order valence-corrected chi connectivity index (χ1v) is 6.90. The van der Waals surface area contributed by atoms with Gasteiger partial charge in [-0.2, -0.15) is 4.98 Å². The molecule has 0 radical (unpaired) electrons. The third kappa shape index (κ3) is 3.06. The Hall–Kier alpha value is -2.13. The molecule has 7 nitrogen and oxygen atoms in total. The van der Waals surface area contributed by atoms with Crippen LogP contribution in [0.15, 0.2) is 33.5 Å². The molecule has 0 aliphatic rings. The highest BCUT2D eigenvalue weighted by Crippen LogP contribution is 2.36. The predicted octanol–water partition coefficient (Wildman–Crippen LogP) is 2.91. The van der Waals surface area contributed by atoms with Crippen LogP contribution in [0.3, 0.4) is 0 Å². The molecule has 0 amide bonds. The highest BCUT2D eigenvalue weighted by atomic mass is 32.2. The molecule has 0 unspecified atom stereocenters. The summed E-state index contributed by atoms with van der Waals surface area (Å²) in [6, 6.07) is 4.15. The molecule has 0 saturated heterocycles. The van der Waals surface area contributed by atoms with Gasteiger partial charge in [0.25, 0.3) is 0 Å². The van der Waals surface area contributed by atoms with Crippen LogP contribution < -0.4 is 4.74 Å². The largest absolute Gasteiger partial charge is 0.481 e. The van der Waals surface area contributed by atoms with E-state index in [9.17, 15) is 14.9 Å². The van der Waals surface area contributed by atoms with E-state index in [1.807, 2.05) is 0 Å². The first kappa shape index (κ1) is 14.3. The van der Waals surface area contributed by atoms with Crippen molar-refractivity contribution < 1.29 is 19.6 Å². The van der Waals surface area contributed by atoms with E-state index in [1.165, 1.54) is 25.3 Å². The molecular formula is C11H8N2O5S2. The molecule has 0 aromatic carbocycles. The number of carboxylic acids is 1. The van der Waals surface area contributed by atoms with Crippen LogP contribution in [0.4, 0.5) is 5.69 Å². The molecule has 2 rings (SSSR count). The topological polar surface area (TPSA) is 103 Å². The van der Waals surface area contributed by atoms with Crippen LogP contribution in [-0.2, 0) is 0 Å². The number of thiophene rings is 1. The van der Waals surface area contributed by atoms with Crippen molar-refractivity contribution in [1.82, 2.24) is 4.98 Å². The maximum Gasteiger partial charge on any atom is 0.345 e. The fourth-order valence-corrected chi connectivity index (χ4v) is 3.14. The van der Waals surface area contributed by atoms with Gasteiger partial charge in [0, 0.05) is 22.4 Å². The average Bonchev–Trinajstić information content (AvgIpc) is 2.87. The predicted molar refractivity (Wildman–Crippen MR) is 72.8 cm³/mol. The fraction of sp³-hybridized carbons (Fsp3) is 0.0909. The second-order valence-corrected chi connectivity index (χ2v) is 5.46. The van der Waals surface area contributed by atoms with Gasteiger partial charge >= 0.3 is 11.7 Å². The number of ether oxygens (including phenoxy) is 1. The molecule has 0 saturated carbocycles. The molecule has 2 heterocycles. The smallest absolute Gasteiger partial charge is 0.345 e. The number of hydrogen-bond donors (Lipinski definition) is 1. The zero-order chi connectivity index (χ0) is 14.7. The molecule has 9 heteroatoms. The van der Waals surface area contributed by atoms with E-state index in [2.05, 4.69) is 4.98 Å². The Morgan fingerprint density at radius 1 is 1.55 bits per heavy atom. The van der Waals surface area contributed by atoms with Crippen LogP contribution in [-0.4, -0.2) is 28.1 Å². The van der Waals surface area contributed by atoms with Crippen molar-refractivity contribution >= 4 is 34.8 Å². The summed E-state index contributed by atoms with van der Waals surface area (Å²) in [6.07, 6.45) is 0. The number of hydrogen-bond acceptors (Lipinski definition) is 7. The molecule has 0 spiro atoms. The standard InChI is InChI=1S/C11H8N2O5S2/c1-18-9-3-2-7(13(16)17)10(12-9)20-6-4-8(11(14)15)19-5-6/h2-5H,1H3,(H,14,15). The second-order valence-electron chi connectivity index (χ2n) is 3.49. The van der Waals surface area contributed by atoms with E-state index < -0.39 is 10.9 Å². The Kier molecular flexibility index (Phi) is 4.20. The number of rotatable bonds is 5. The van der Waals surface area contributed by atoms with Gasteiger partial charge in [-0.05, 0) is 6.07 Å². The quantitative estimate of drug-likeness (QED) is 0.668. The third-order valence-electron chi connectivity index (χ3n) is 2.22. The van der Waals surface area contributed by atoms with Gasteiger partial charge in [-0.1, -0.05) is 11.8 Å². The van der Waals surface area contributed by atoms with Gasteiger partial charge in [-0.15, -0.1) is 11.3 Å². The third-order valence-corrected chi connectivity index (χ3v) is 4.25. The lowest BCUT2D eigenvalue weighted by Gasteiger charge is -2.03. The molecule has 0 aliphatic carbocycles. The van der Waals surface area contributed by atoms with Crippen molar-refractivity contribution in [3.8, 4) is 5.88 Å². The lowest BCUT2D eigenvalue weighted by molar-refractivity contribution is -0.388. The summed E-state index contributed by atoms with van der Waals surface area (Å²) in [5.41, 5.74) is -0.154. The summed E-state index contributed by atoms with van der Waals surface area (Å²) < 4.78 is 4.93. The van der Waals surface area contributed by atoms with Crippen molar-refractivity contribution in [1.29, 1.82) is 0 Å². The molecule has 1 N–H and O–H groups in total. The Balaban J connectivity index is 2.35. The van der Waals surface area contributed by atoms with Crippen LogP contribution in [0.1, 0.15) is 9.67 Å². The van der Waals surface area contributed by atoms with Gasteiger partial charge in [-0.3, -0.25) is 10.1 Å². The average molecular weight is 312 g/mol. The Morgan fingerprint density at radius 2 is 2.30 bits per heavy atom. The minimum atomic E-state index is -1.03. The van der Waals surface area contributed by atoms with Crippen molar-refractivity contribution in [2.45, 2.75) is 9.92 Å². The van der Waals surface area contributed by atoms with E-state index in [0.29, 0.717) is 4.90 Å². The van der Waals surface area contributed by atoms with E-state index in [4.69, 9.17) is 9.84 Å². The van der Waals surface area contributed by atoms with Crippen molar-refractivity contribution in [2.24, 2.45) is 0 Å². The number of aromatic carboxylic acids is 1. The monoisotopic (exact) mass is 312 g/mol. The van der Waals surface area contributed by atoms with Crippen LogP contribution in [0.2, 0.25) is 0 Å². The van der Waals surface area contributed by atoms with Crippen molar-refractivity contribution in [2.75, 3.05) is 7.11 Å². The molecule has 0 atom stereocenters. The molecule has 0 aliphatic heterocycles. The Morgan fingerprint density at radius 3 is 2.85 bits per heavy atom. The summed E-state index contributed by atoms with van der Waals surface area (Å²) in [4.78, 5) is 26.0. The minimum Gasteiger partial charge on any atom is -0.481 e. The number of pyridine rings is 1. The van der Waals surface area contributed by atoms with Gasteiger partial charge in [0.05, 0.1) is 12.0 Å². The maximum absolute atomic E-state index is 10.9. The number of aromatic nitrogens is 1. The van der Waals surface area contributed by atoms with Crippen LogP contribution in [0, 0.1) is 10.1 Å². The summed E-state index contributed by atoms with van der Waals surface area (Å²) in [5, 5.41) is 21.6. The summed E-state index contributed by atoms with van der Waals surface area (Å²) in [5.74, 6) is -0.776. The van der Waals surface area contributed by atoms with Gasteiger partial charge in [0.1, 0.15) is 4.88 Å². The number of carbonyl (C=O) groups is 1. The molecule has 2 aromatic rings. The SMILES string of the molecule is COc1ccc([N+](=O)[O-])c(Sc2csc(C(=O)O)c2)n1. The summed E-state index contributed by atoms with van der Waals surface area (Å²) in [7, 11) is 1.41. The Bertz CT molecular complexity index is 671. The lowest BCUT2D eigenvalue weighted by atomic mass is 10.4. The first-order chi connectivity index (χ1) is 9.51. The molecule has 2 aromatic heterocycles. The summed E-state index contributed by atoms with van der Waals surface area (Å²) in [6.45, 7) is 0. The molecule has 0 fully saturated rings. The number of carboxylic acid groups (broad SMARTS) is 1. The zero-order valence-corrected chi connectivity index (χ0v) is 11.7. The van der Waals surface area contributed by atoms with Crippen LogP contribution in [0.5, 0.6) is 5.88 Å². The van der Waals surface area contributed by atoms with E-state index in [-0.39, 0.29) is 21.5 Å². The number of nitro groups is 1. The van der Waals surface area contributed by atoms with Crippen LogP contribution >= 0.6 is 23.1 Å². The van der Waals surface area contributed by atoms with Gasteiger partial charge in [0.2, 0.25) is 5.88 Å². The summed E-state index contributed by atoms with van der Waals surface area (Å²) >= 11 is 2.08. The molecule has 0 bridgehead atoms. The van der Waals surface area contributed by atoms with Crippen molar-refractivity contribution in [3.63, 3.8) is 0 Å². The zero-order valence-electron chi connectivity index (χ0n) is 10.1. The molecular weight excluding hydrogens is 304 g/mol. The van der Waals surface area contributed by atoms with Gasteiger partial charge in [-0.25, -0.2) is 4.79 Å². The maximum atomic E-state index is 10.9. The highest BCUT2D eigenvalue weighted by Gasteiger charge is 2.19. The Labute approximate surface area is 121 Å². The fourth-order valence-electron chi connectivity index (χ4n) is 1.34. The lowest BCUT2D eigenvalue weighted by Crippen LogP contribution is -1.95. The molecule has 104 valence electrons. The van der Waals surface area contributed by atoms with Gasteiger partial charge < -0.3 is 9.84 Å². The van der Waals surface area contributed by atoms with Crippen molar-refractivity contribution in [3.05, 3.63) is 38.6 Å². The van der Waals surface area contributed by atoms with E-state index >= 15 is 0 Å². The number of methoxy groups -OCH3 is 1. The first-order valence-electron chi connectivity index (χ1n) is 5.20. The van der Waals surface area contributed by atoms with E-state index in [0.717, 1.165) is 23.1 Å². The van der Waals surface area contributed by atoms with Gasteiger partial charge in [0.15, 0.2) is 5.03 Å². The minimum absolute atomic E-state index is 0.154. The highest BCUT2D eigenvalue weighted by molar-refractivity contribution is 7.99. The normalized spacial score (nSPS) is 10.2. The van der Waals surface area contributed by atoms with Crippen LogP contribution in [0.25, 0.3) is 0 Å². The molecule has 20 heavy (non-hydrogen) atoms. The number of nitrogens with zero attached hydrogens (tertiary/aromatic N) is 2. The van der Waals surface area contributed by atoms with E-state index in [1.54, 1.807) is 5.38 Å². The second kappa shape index (κ2) is 5.88.